The molecule has 31 heavy (non-hydrogen) atoms. The molecule has 2 N–H and O–H groups in total. The highest BCUT2D eigenvalue weighted by Crippen LogP contribution is 2.35. The summed E-state index contributed by atoms with van der Waals surface area (Å²) in [7, 11) is 0. The van der Waals surface area contributed by atoms with Gasteiger partial charge in [0.25, 0.3) is 0 Å². The van der Waals surface area contributed by atoms with E-state index in [1.165, 1.54) is 6.92 Å². The second-order valence-corrected chi connectivity index (χ2v) is 7.84. The summed E-state index contributed by atoms with van der Waals surface area (Å²) < 4.78 is 6.99. The molecule has 1 aliphatic rings. The van der Waals surface area contributed by atoms with Crippen LogP contribution in [-0.4, -0.2) is 38.8 Å². The number of nitrogens with one attached hydrogen (secondary N) is 2. The third-order valence-electron chi connectivity index (χ3n) is 5.64. The molecule has 4 rings (SSSR count). The van der Waals surface area contributed by atoms with Gasteiger partial charge in [0.05, 0.1) is 12.2 Å². The maximum absolute atomic E-state index is 12.3. The van der Waals surface area contributed by atoms with Crippen LogP contribution < -0.4 is 10.6 Å². The molecule has 0 unspecified atom stereocenters. The van der Waals surface area contributed by atoms with Crippen molar-refractivity contribution in [3.8, 4) is 0 Å². The van der Waals surface area contributed by atoms with Crippen molar-refractivity contribution in [3.05, 3.63) is 48.3 Å². The SMILES string of the molecule is CC(=O)NC1(c2nnnn2CCOC(=O)Nc2cccc3ccccc23)CCCCC1. The van der Waals surface area contributed by atoms with Crippen molar-refractivity contribution < 1.29 is 14.3 Å². The summed E-state index contributed by atoms with van der Waals surface area (Å²) >= 11 is 0. The van der Waals surface area contributed by atoms with Crippen LogP contribution >= 0.6 is 0 Å². The smallest absolute Gasteiger partial charge is 0.411 e. The number of anilines is 1. The van der Waals surface area contributed by atoms with E-state index in [9.17, 15) is 9.59 Å². The van der Waals surface area contributed by atoms with Crippen molar-refractivity contribution in [3.63, 3.8) is 0 Å². The fourth-order valence-electron chi connectivity index (χ4n) is 4.30. The third kappa shape index (κ3) is 4.65. The number of aromatic nitrogens is 4. The number of ether oxygens (including phenoxy) is 1. The molecule has 1 aliphatic carbocycles. The van der Waals surface area contributed by atoms with Crippen molar-refractivity contribution in [1.82, 2.24) is 25.5 Å². The molecule has 0 saturated heterocycles. The Morgan fingerprint density at radius 2 is 1.87 bits per heavy atom. The molecule has 1 fully saturated rings. The Morgan fingerprint density at radius 3 is 2.68 bits per heavy atom. The Balaban J connectivity index is 1.40. The highest BCUT2D eigenvalue weighted by Gasteiger charge is 2.39. The van der Waals surface area contributed by atoms with Crippen LogP contribution in [0.3, 0.4) is 0 Å². The summed E-state index contributed by atoms with van der Waals surface area (Å²) in [6, 6.07) is 13.5. The Hall–Kier alpha value is -3.49. The van der Waals surface area contributed by atoms with Crippen LogP contribution in [0.15, 0.2) is 42.5 Å². The number of amides is 2. The van der Waals surface area contributed by atoms with E-state index in [2.05, 4.69) is 26.2 Å². The Morgan fingerprint density at radius 1 is 1.10 bits per heavy atom. The first kappa shape index (κ1) is 20.8. The Labute approximate surface area is 180 Å². The van der Waals surface area contributed by atoms with Crippen molar-refractivity contribution in [1.29, 1.82) is 0 Å². The predicted octanol–water partition coefficient (Wildman–Crippen LogP) is 3.37. The predicted molar refractivity (Wildman–Crippen MR) is 115 cm³/mol. The van der Waals surface area contributed by atoms with Crippen LogP contribution in [-0.2, 0) is 21.6 Å². The van der Waals surface area contributed by atoms with Gasteiger partial charge in [-0.1, -0.05) is 55.7 Å². The Bertz CT molecular complexity index is 1070. The number of nitrogens with zero attached hydrogens (tertiary/aromatic N) is 4. The highest BCUT2D eigenvalue weighted by atomic mass is 16.5. The molecular formula is C22H26N6O3. The number of carbonyl (C=O) groups excluding carboxylic acids is 2. The van der Waals surface area contributed by atoms with Crippen molar-refractivity contribution in [2.45, 2.75) is 51.1 Å². The lowest BCUT2D eigenvalue weighted by Crippen LogP contribution is -2.48. The van der Waals surface area contributed by atoms with Gasteiger partial charge in [0, 0.05) is 12.3 Å². The van der Waals surface area contributed by atoms with Crippen molar-refractivity contribution in [2.75, 3.05) is 11.9 Å². The normalized spacial score (nSPS) is 15.4. The van der Waals surface area contributed by atoms with Gasteiger partial charge in [-0.05, 0) is 34.7 Å². The van der Waals surface area contributed by atoms with Crippen LogP contribution in [0.4, 0.5) is 10.5 Å². The summed E-state index contributed by atoms with van der Waals surface area (Å²) in [5.41, 5.74) is 0.122. The molecule has 0 spiro atoms. The number of tetrazole rings is 1. The monoisotopic (exact) mass is 422 g/mol. The number of hydrogen-bond donors (Lipinski definition) is 2. The van der Waals surface area contributed by atoms with E-state index < -0.39 is 11.6 Å². The average molecular weight is 422 g/mol. The zero-order valence-electron chi connectivity index (χ0n) is 17.5. The maximum Gasteiger partial charge on any atom is 0.411 e. The van der Waals surface area contributed by atoms with Crippen molar-refractivity contribution in [2.24, 2.45) is 0 Å². The molecule has 9 nitrogen and oxygen atoms in total. The van der Waals surface area contributed by atoms with Gasteiger partial charge in [-0.2, -0.15) is 0 Å². The molecule has 1 saturated carbocycles. The zero-order valence-corrected chi connectivity index (χ0v) is 17.5. The van der Waals surface area contributed by atoms with Gasteiger partial charge in [0.1, 0.15) is 12.1 Å². The summed E-state index contributed by atoms with van der Waals surface area (Å²) in [5, 5.41) is 19.9. The van der Waals surface area contributed by atoms with E-state index in [4.69, 9.17) is 4.74 Å². The van der Waals surface area contributed by atoms with Gasteiger partial charge in [0.2, 0.25) is 5.91 Å². The number of benzene rings is 2. The largest absolute Gasteiger partial charge is 0.447 e. The van der Waals surface area contributed by atoms with Gasteiger partial charge < -0.3 is 10.1 Å². The van der Waals surface area contributed by atoms with Crippen LogP contribution in [0.2, 0.25) is 0 Å². The summed E-state index contributed by atoms with van der Waals surface area (Å²) in [5.74, 6) is 0.502. The minimum atomic E-state index is -0.571. The number of rotatable bonds is 6. The van der Waals surface area contributed by atoms with E-state index >= 15 is 0 Å². The highest BCUT2D eigenvalue weighted by molar-refractivity contribution is 6.00. The molecule has 0 aliphatic heterocycles. The quantitative estimate of drug-likeness (QED) is 0.630. The molecule has 0 bridgehead atoms. The Kier molecular flexibility index (Phi) is 6.11. The van der Waals surface area contributed by atoms with E-state index in [0.29, 0.717) is 18.1 Å². The fraction of sp³-hybridized carbons (Fsp3) is 0.409. The van der Waals surface area contributed by atoms with E-state index in [-0.39, 0.29) is 12.5 Å². The van der Waals surface area contributed by atoms with Gasteiger partial charge in [0.15, 0.2) is 5.82 Å². The first-order valence-electron chi connectivity index (χ1n) is 10.5. The van der Waals surface area contributed by atoms with Crippen LogP contribution in [0, 0.1) is 0 Å². The molecule has 2 aromatic carbocycles. The number of fused-ring (bicyclic) bond motifs is 1. The van der Waals surface area contributed by atoms with E-state index in [1.54, 1.807) is 4.68 Å². The third-order valence-corrected chi connectivity index (χ3v) is 5.64. The average Bonchev–Trinajstić information content (AvgIpc) is 3.24. The molecule has 3 aromatic rings. The molecule has 1 heterocycles. The van der Waals surface area contributed by atoms with Gasteiger partial charge in [-0.15, -0.1) is 5.10 Å². The number of carbonyl (C=O) groups is 2. The summed E-state index contributed by atoms with van der Waals surface area (Å²) in [6.45, 7) is 1.91. The topological polar surface area (TPSA) is 111 Å². The summed E-state index contributed by atoms with van der Waals surface area (Å²) in [6.07, 6.45) is 4.15. The fourth-order valence-corrected chi connectivity index (χ4v) is 4.30. The molecule has 2 amide bonds. The maximum atomic E-state index is 12.3. The second-order valence-electron chi connectivity index (χ2n) is 7.84. The number of hydrogen-bond acceptors (Lipinski definition) is 6. The molecule has 0 atom stereocenters. The van der Waals surface area contributed by atoms with E-state index in [1.807, 2.05) is 42.5 Å². The van der Waals surface area contributed by atoms with Crippen LogP contribution in [0.25, 0.3) is 10.8 Å². The van der Waals surface area contributed by atoms with Gasteiger partial charge in [-0.3, -0.25) is 10.1 Å². The minimum Gasteiger partial charge on any atom is -0.447 e. The van der Waals surface area contributed by atoms with Crippen LogP contribution in [0.1, 0.15) is 44.9 Å². The molecular weight excluding hydrogens is 396 g/mol. The first-order chi connectivity index (χ1) is 15.1. The first-order valence-corrected chi connectivity index (χ1v) is 10.5. The molecule has 162 valence electrons. The molecule has 1 aromatic heterocycles. The minimum absolute atomic E-state index is 0.102. The standard InChI is InChI=1S/C22H26N6O3/c1-16(29)24-22(12-5-2-6-13-22)20-25-26-27-28(20)14-15-31-21(30)23-19-11-7-9-17-8-3-4-10-18(17)19/h3-4,7-11H,2,5-6,12-15H2,1H3,(H,23,30)(H,24,29). The van der Waals surface area contributed by atoms with E-state index in [0.717, 1.165) is 42.9 Å². The second kappa shape index (κ2) is 9.11. The lowest BCUT2D eigenvalue weighted by molar-refractivity contribution is -0.121. The summed E-state index contributed by atoms with van der Waals surface area (Å²) in [4.78, 5) is 24.2. The zero-order chi connectivity index (χ0) is 21.7. The molecule has 0 radical (unpaired) electrons. The van der Waals surface area contributed by atoms with Crippen LogP contribution in [0.5, 0.6) is 0 Å². The van der Waals surface area contributed by atoms with Gasteiger partial charge in [-0.25, -0.2) is 9.48 Å². The lowest BCUT2D eigenvalue weighted by atomic mass is 9.81. The lowest BCUT2D eigenvalue weighted by Gasteiger charge is -2.36. The van der Waals surface area contributed by atoms with Crippen molar-refractivity contribution >= 4 is 28.5 Å². The molecule has 9 heteroatoms. The van der Waals surface area contributed by atoms with Gasteiger partial charge >= 0.3 is 6.09 Å².